The van der Waals surface area contributed by atoms with Crippen LogP contribution in [0.1, 0.15) is 27.9 Å². The molecule has 26 heavy (non-hydrogen) atoms. The largest absolute Gasteiger partial charge is 0.427 e. The number of aromatic nitrogens is 4. The zero-order chi connectivity index (χ0) is 18.7. The number of nitrogens with one attached hydrogen (secondary N) is 2. The van der Waals surface area contributed by atoms with E-state index in [-0.39, 0.29) is 11.7 Å². The number of hydrogen-bond donors (Lipinski definition) is 3. The summed E-state index contributed by atoms with van der Waals surface area (Å²) in [4.78, 5) is 19.6. The number of pyridine rings is 1. The highest BCUT2D eigenvalue weighted by atomic mass is 32.1. The first-order valence-electron chi connectivity index (χ1n) is 7.28. The predicted molar refractivity (Wildman–Crippen MR) is 86.3 cm³/mol. The van der Waals surface area contributed by atoms with Gasteiger partial charge in [0.25, 0.3) is 0 Å². The summed E-state index contributed by atoms with van der Waals surface area (Å²) < 4.78 is 38.0. The summed E-state index contributed by atoms with van der Waals surface area (Å²) in [6.45, 7) is -0.313. The molecular formula is C15H12F3N5O2S. The molecule has 136 valence electrons. The number of aliphatic hydroxyl groups is 1. The van der Waals surface area contributed by atoms with Gasteiger partial charge in [-0.1, -0.05) is 17.4 Å². The molecule has 1 unspecified atom stereocenters. The minimum absolute atomic E-state index is 0.176. The maximum atomic E-state index is 12.7. The Labute approximate surface area is 148 Å². The number of carbonyl (C=O) groups is 1. The maximum absolute atomic E-state index is 12.7. The van der Waals surface area contributed by atoms with Crippen molar-refractivity contribution in [1.29, 1.82) is 0 Å². The van der Waals surface area contributed by atoms with Gasteiger partial charge in [-0.2, -0.15) is 18.3 Å². The third-order valence-electron chi connectivity index (χ3n) is 3.40. The first-order chi connectivity index (χ1) is 12.4. The van der Waals surface area contributed by atoms with Crippen molar-refractivity contribution in [3.63, 3.8) is 0 Å². The van der Waals surface area contributed by atoms with E-state index < -0.39 is 22.9 Å². The quantitative estimate of drug-likeness (QED) is 0.628. The van der Waals surface area contributed by atoms with E-state index in [1.54, 1.807) is 24.3 Å². The van der Waals surface area contributed by atoms with Crippen LogP contribution in [0.4, 0.5) is 18.3 Å². The number of carbonyl (C=O) groups excluding carboxylic acids is 1. The minimum atomic E-state index is -4.53. The fraction of sp³-hybridized carbons (Fsp3) is 0.200. The average Bonchev–Trinajstić information content (AvgIpc) is 3.27. The van der Waals surface area contributed by atoms with E-state index in [9.17, 15) is 23.1 Å². The molecule has 0 aliphatic heterocycles. The third-order valence-corrected chi connectivity index (χ3v) is 4.35. The van der Waals surface area contributed by atoms with Gasteiger partial charge in [-0.05, 0) is 18.2 Å². The summed E-state index contributed by atoms with van der Waals surface area (Å²) in [7, 11) is 0. The van der Waals surface area contributed by atoms with Crippen LogP contribution in [0.5, 0.6) is 0 Å². The molecule has 0 spiro atoms. The SMILES string of the molecule is O=C(Nc1ncc(C(F)(F)F)s1)C(c1cccc(CO)n1)c1ccn[nH]1. The molecule has 0 aliphatic carbocycles. The molecule has 0 saturated carbocycles. The molecule has 1 atom stereocenters. The molecule has 0 bridgehead atoms. The fourth-order valence-electron chi connectivity index (χ4n) is 2.25. The lowest BCUT2D eigenvalue weighted by molar-refractivity contribution is -0.134. The molecule has 3 rings (SSSR count). The van der Waals surface area contributed by atoms with Crippen molar-refractivity contribution in [2.24, 2.45) is 0 Å². The Morgan fingerprint density at radius 2 is 2.15 bits per heavy atom. The zero-order valence-electron chi connectivity index (χ0n) is 13.0. The Bertz CT molecular complexity index is 895. The monoisotopic (exact) mass is 383 g/mol. The number of H-pyrrole nitrogens is 1. The molecule has 11 heteroatoms. The van der Waals surface area contributed by atoms with Crippen molar-refractivity contribution in [2.75, 3.05) is 5.32 Å². The number of thiazole rings is 1. The van der Waals surface area contributed by atoms with Gasteiger partial charge in [0, 0.05) is 6.20 Å². The van der Waals surface area contributed by atoms with E-state index in [1.165, 1.54) is 6.20 Å². The smallest absolute Gasteiger partial charge is 0.390 e. The molecule has 0 radical (unpaired) electrons. The number of aliphatic hydroxyl groups excluding tert-OH is 1. The predicted octanol–water partition coefficient (Wildman–Crippen LogP) is 2.54. The van der Waals surface area contributed by atoms with Crippen molar-refractivity contribution in [3.05, 3.63) is 58.6 Å². The Hall–Kier alpha value is -2.79. The number of nitrogens with zero attached hydrogens (tertiary/aromatic N) is 3. The van der Waals surface area contributed by atoms with Crippen molar-refractivity contribution < 1.29 is 23.1 Å². The number of rotatable bonds is 5. The molecule has 0 fully saturated rings. The topological polar surface area (TPSA) is 104 Å². The normalized spacial score (nSPS) is 12.8. The van der Waals surface area contributed by atoms with Gasteiger partial charge in [0.15, 0.2) is 5.13 Å². The maximum Gasteiger partial charge on any atom is 0.427 e. The van der Waals surface area contributed by atoms with E-state index in [0.717, 1.165) is 0 Å². The van der Waals surface area contributed by atoms with Crippen molar-refractivity contribution in [2.45, 2.75) is 18.7 Å². The second kappa shape index (κ2) is 7.22. The van der Waals surface area contributed by atoms with Crippen LogP contribution in [0.15, 0.2) is 36.7 Å². The van der Waals surface area contributed by atoms with Crippen molar-refractivity contribution in [3.8, 4) is 0 Å². The van der Waals surface area contributed by atoms with Crippen LogP contribution < -0.4 is 5.32 Å². The number of aromatic amines is 1. The van der Waals surface area contributed by atoms with Crippen LogP contribution >= 0.6 is 11.3 Å². The molecule has 3 aromatic heterocycles. The third kappa shape index (κ3) is 3.89. The van der Waals surface area contributed by atoms with Crippen LogP contribution in [0.25, 0.3) is 0 Å². The summed E-state index contributed by atoms with van der Waals surface area (Å²) in [5, 5.41) is 17.9. The van der Waals surface area contributed by atoms with Crippen LogP contribution in [0.3, 0.4) is 0 Å². The van der Waals surface area contributed by atoms with Gasteiger partial charge in [0.2, 0.25) is 5.91 Å². The van der Waals surface area contributed by atoms with Gasteiger partial charge >= 0.3 is 6.18 Å². The highest BCUT2D eigenvalue weighted by Crippen LogP contribution is 2.35. The number of alkyl halides is 3. The van der Waals surface area contributed by atoms with E-state index >= 15 is 0 Å². The first-order valence-corrected chi connectivity index (χ1v) is 8.10. The fourth-order valence-corrected chi connectivity index (χ4v) is 2.94. The lowest BCUT2D eigenvalue weighted by Gasteiger charge is -2.14. The summed E-state index contributed by atoms with van der Waals surface area (Å²) in [5.74, 6) is -1.58. The van der Waals surface area contributed by atoms with Gasteiger partial charge < -0.3 is 10.4 Å². The van der Waals surface area contributed by atoms with Crippen molar-refractivity contribution in [1.82, 2.24) is 20.2 Å². The van der Waals surface area contributed by atoms with Crippen molar-refractivity contribution >= 4 is 22.4 Å². The summed E-state index contributed by atoms with van der Waals surface area (Å²) in [6, 6.07) is 6.34. The van der Waals surface area contributed by atoms with Gasteiger partial charge in [-0.25, -0.2) is 4.98 Å². The molecule has 3 heterocycles. The number of amides is 1. The zero-order valence-corrected chi connectivity index (χ0v) is 13.8. The van der Waals surface area contributed by atoms with Crippen LogP contribution in [0, 0.1) is 0 Å². The molecule has 0 aliphatic rings. The summed E-state index contributed by atoms with van der Waals surface area (Å²) in [6.07, 6.45) is -2.42. The van der Waals surface area contributed by atoms with Crippen LogP contribution in [-0.4, -0.2) is 31.2 Å². The van der Waals surface area contributed by atoms with E-state index in [4.69, 9.17) is 0 Å². The molecular weight excluding hydrogens is 371 g/mol. The highest BCUT2D eigenvalue weighted by molar-refractivity contribution is 7.15. The molecule has 0 aromatic carbocycles. The Morgan fingerprint density at radius 3 is 2.77 bits per heavy atom. The minimum Gasteiger partial charge on any atom is -0.390 e. The second-order valence-corrected chi connectivity index (χ2v) is 6.20. The number of anilines is 1. The first kappa shape index (κ1) is 18.0. The Morgan fingerprint density at radius 1 is 1.35 bits per heavy atom. The Balaban J connectivity index is 1.90. The molecule has 3 aromatic rings. The van der Waals surface area contributed by atoms with Crippen LogP contribution in [-0.2, 0) is 17.6 Å². The number of hydrogen-bond acceptors (Lipinski definition) is 6. The summed E-state index contributed by atoms with van der Waals surface area (Å²) in [5.41, 5.74) is 1.07. The van der Waals surface area contributed by atoms with E-state index in [2.05, 4.69) is 25.5 Å². The average molecular weight is 383 g/mol. The molecule has 3 N–H and O–H groups in total. The van der Waals surface area contributed by atoms with Gasteiger partial charge in [-0.15, -0.1) is 0 Å². The second-order valence-electron chi connectivity index (χ2n) is 5.17. The standard InChI is InChI=1S/C15H12F3N5O2S/c16-15(17,18)11-6-19-14(26-11)22-13(25)12(10-4-5-20-23-10)9-3-1-2-8(7-24)21-9/h1-6,12,24H,7H2,(H,20,23)(H,19,22,25). The highest BCUT2D eigenvalue weighted by Gasteiger charge is 2.34. The summed E-state index contributed by atoms with van der Waals surface area (Å²) >= 11 is 0.331. The van der Waals surface area contributed by atoms with Gasteiger partial charge in [0.1, 0.15) is 10.8 Å². The number of halogens is 3. The van der Waals surface area contributed by atoms with E-state index in [0.29, 0.717) is 34.6 Å². The van der Waals surface area contributed by atoms with Crippen LogP contribution in [0.2, 0.25) is 0 Å². The molecule has 0 saturated heterocycles. The van der Waals surface area contributed by atoms with E-state index in [1.807, 2.05) is 0 Å². The lowest BCUT2D eigenvalue weighted by atomic mass is 9.99. The molecule has 1 amide bonds. The van der Waals surface area contributed by atoms with Gasteiger partial charge in [-0.3, -0.25) is 14.9 Å². The molecule has 7 nitrogen and oxygen atoms in total. The lowest BCUT2D eigenvalue weighted by Crippen LogP contribution is -2.23. The Kier molecular flexibility index (Phi) is 5.00. The van der Waals surface area contributed by atoms with Gasteiger partial charge in [0.05, 0.1) is 29.9 Å².